The molecule has 0 aliphatic carbocycles. The topological polar surface area (TPSA) is 105 Å². The van der Waals surface area contributed by atoms with Crippen LogP contribution < -0.4 is 10.5 Å². The second kappa shape index (κ2) is 7.08. The van der Waals surface area contributed by atoms with E-state index in [1.54, 1.807) is 12.1 Å². The van der Waals surface area contributed by atoms with Crippen LogP contribution in [-0.2, 0) is 0 Å². The summed E-state index contributed by atoms with van der Waals surface area (Å²) in [5, 5.41) is 12.7. The molecule has 0 amide bonds. The largest absolute Gasteiger partial charge is 0.492 e. The van der Waals surface area contributed by atoms with Crippen LogP contribution in [0.3, 0.4) is 0 Å². The first-order valence-corrected chi connectivity index (χ1v) is 8.59. The van der Waals surface area contributed by atoms with Crippen LogP contribution in [0.2, 0.25) is 5.02 Å². The molecule has 0 fully saturated rings. The van der Waals surface area contributed by atoms with Crippen molar-refractivity contribution in [3.05, 3.63) is 53.6 Å². The van der Waals surface area contributed by atoms with Gasteiger partial charge in [-0.05, 0) is 31.2 Å². The smallest absolute Gasteiger partial charge is 0.282 e. The van der Waals surface area contributed by atoms with Crippen LogP contribution in [-0.4, -0.2) is 31.7 Å². The minimum Gasteiger partial charge on any atom is -0.492 e. The number of halogens is 1. The van der Waals surface area contributed by atoms with E-state index >= 15 is 0 Å². The number of hydrogen-bond donors (Lipinski definition) is 1. The Balaban J connectivity index is 1.73. The molecule has 0 aliphatic rings. The fourth-order valence-corrected chi connectivity index (χ4v) is 2.82. The van der Waals surface area contributed by atoms with Crippen LogP contribution in [0.15, 0.2) is 53.1 Å². The molecule has 0 saturated carbocycles. The third kappa shape index (κ3) is 3.11. The van der Waals surface area contributed by atoms with Gasteiger partial charge in [-0.2, -0.15) is 9.67 Å². The van der Waals surface area contributed by atoms with Gasteiger partial charge in [0.2, 0.25) is 5.82 Å². The Labute approximate surface area is 159 Å². The molecule has 0 aliphatic heterocycles. The number of nitrogens with zero attached hydrogens (tertiary/aromatic N) is 5. The fraction of sp³-hybridized carbons (Fsp3) is 0.111. The highest BCUT2D eigenvalue weighted by Gasteiger charge is 2.21. The van der Waals surface area contributed by atoms with E-state index in [4.69, 9.17) is 26.6 Å². The number of anilines is 1. The number of benzene rings is 2. The number of para-hydroxylation sites is 2. The number of nitrogen functional groups attached to an aromatic ring is 1. The van der Waals surface area contributed by atoms with Crippen molar-refractivity contribution in [3.8, 4) is 34.4 Å². The SMILES string of the molecule is CCOc1ccccc1-n1nnc(-c2nc(-c3ccccc3Cl)no2)c1N. The first-order valence-electron chi connectivity index (χ1n) is 8.21. The minimum atomic E-state index is 0.155. The van der Waals surface area contributed by atoms with E-state index in [9.17, 15) is 0 Å². The van der Waals surface area contributed by atoms with E-state index < -0.39 is 0 Å². The predicted molar refractivity (Wildman–Crippen MR) is 101 cm³/mol. The average molecular weight is 383 g/mol. The summed E-state index contributed by atoms with van der Waals surface area (Å²) in [6.45, 7) is 2.42. The van der Waals surface area contributed by atoms with Crippen LogP contribution in [0, 0.1) is 0 Å². The van der Waals surface area contributed by atoms with Crippen molar-refractivity contribution in [3.63, 3.8) is 0 Å². The van der Waals surface area contributed by atoms with Gasteiger partial charge in [0.15, 0.2) is 11.5 Å². The summed E-state index contributed by atoms with van der Waals surface area (Å²) < 4.78 is 12.4. The molecule has 0 radical (unpaired) electrons. The number of rotatable bonds is 5. The van der Waals surface area contributed by atoms with Gasteiger partial charge in [-0.25, -0.2) is 0 Å². The van der Waals surface area contributed by atoms with Crippen LogP contribution >= 0.6 is 11.6 Å². The normalized spacial score (nSPS) is 10.9. The van der Waals surface area contributed by atoms with Crippen LogP contribution in [0.25, 0.3) is 28.7 Å². The van der Waals surface area contributed by atoms with Gasteiger partial charge >= 0.3 is 0 Å². The lowest BCUT2D eigenvalue weighted by atomic mass is 10.2. The van der Waals surface area contributed by atoms with E-state index in [1.165, 1.54) is 4.68 Å². The summed E-state index contributed by atoms with van der Waals surface area (Å²) in [6.07, 6.45) is 0. The van der Waals surface area contributed by atoms with Gasteiger partial charge in [0.1, 0.15) is 11.4 Å². The van der Waals surface area contributed by atoms with Gasteiger partial charge in [-0.15, -0.1) is 5.10 Å². The molecule has 0 unspecified atom stereocenters. The van der Waals surface area contributed by atoms with E-state index in [1.807, 2.05) is 43.3 Å². The Kier molecular flexibility index (Phi) is 4.47. The summed E-state index contributed by atoms with van der Waals surface area (Å²) in [7, 11) is 0. The molecule has 8 nitrogen and oxygen atoms in total. The van der Waals surface area contributed by atoms with Crippen molar-refractivity contribution in [1.82, 2.24) is 25.1 Å². The molecule has 2 heterocycles. The number of hydrogen-bond acceptors (Lipinski definition) is 7. The number of nitrogens with two attached hydrogens (primary N) is 1. The van der Waals surface area contributed by atoms with E-state index in [-0.39, 0.29) is 17.4 Å². The molecule has 4 aromatic rings. The second-order valence-corrected chi connectivity index (χ2v) is 5.95. The van der Waals surface area contributed by atoms with Crippen molar-refractivity contribution in [1.29, 1.82) is 0 Å². The first-order chi connectivity index (χ1) is 13.2. The van der Waals surface area contributed by atoms with Crippen molar-refractivity contribution in [2.45, 2.75) is 6.92 Å². The van der Waals surface area contributed by atoms with Gasteiger partial charge < -0.3 is 15.0 Å². The molecule has 4 rings (SSSR count). The quantitative estimate of drug-likeness (QED) is 0.562. The van der Waals surface area contributed by atoms with Crippen LogP contribution in [0.1, 0.15) is 6.92 Å². The Bertz CT molecular complexity index is 1090. The van der Waals surface area contributed by atoms with Gasteiger partial charge in [-0.1, -0.05) is 46.2 Å². The molecule has 0 bridgehead atoms. The van der Waals surface area contributed by atoms with E-state index in [2.05, 4.69) is 20.5 Å². The molecular formula is C18H15ClN6O2. The Hall–Kier alpha value is -3.39. The molecule has 0 atom stereocenters. The lowest BCUT2D eigenvalue weighted by molar-refractivity contribution is 0.338. The fourth-order valence-electron chi connectivity index (χ4n) is 2.60. The lowest BCUT2D eigenvalue weighted by Crippen LogP contribution is -2.05. The zero-order valence-corrected chi connectivity index (χ0v) is 15.1. The zero-order chi connectivity index (χ0) is 18.8. The Morgan fingerprint density at radius 3 is 2.74 bits per heavy atom. The highest BCUT2D eigenvalue weighted by molar-refractivity contribution is 6.33. The van der Waals surface area contributed by atoms with Crippen LogP contribution in [0.5, 0.6) is 5.75 Å². The summed E-state index contributed by atoms with van der Waals surface area (Å²) in [5.74, 6) is 1.41. The van der Waals surface area contributed by atoms with Crippen molar-refractivity contribution in [2.75, 3.05) is 12.3 Å². The number of aromatic nitrogens is 5. The number of ether oxygens (including phenoxy) is 1. The molecule has 9 heteroatoms. The molecule has 0 saturated heterocycles. The summed E-state index contributed by atoms with van der Waals surface area (Å²) in [6, 6.07) is 14.6. The highest BCUT2D eigenvalue weighted by atomic mass is 35.5. The van der Waals surface area contributed by atoms with Gasteiger partial charge in [0.25, 0.3) is 5.89 Å². The maximum atomic E-state index is 6.24. The maximum Gasteiger partial charge on any atom is 0.282 e. The third-order valence-electron chi connectivity index (χ3n) is 3.84. The highest BCUT2D eigenvalue weighted by Crippen LogP contribution is 2.31. The monoisotopic (exact) mass is 382 g/mol. The summed E-state index contributed by atoms with van der Waals surface area (Å²) in [4.78, 5) is 4.35. The molecule has 2 aromatic heterocycles. The minimum absolute atomic E-state index is 0.155. The summed E-state index contributed by atoms with van der Waals surface area (Å²) >= 11 is 6.18. The van der Waals surface area contributed by atoms with Gasteiger partial charge in [0, 0.05) is 5.56 Å². The van der Waals surface area contributed by atoms with E-state index in [0.717, 1.165) is 0 Å². The van der Waals surface area contributed by atoms with E-state index in [0.29, 0.717) is 34.5 Å². The molecule has 27 heavy (non-hydrogen) atoms. The van der Waals surface area contributed by atoms with Crippen molar-refractivity contribution < 1.29 is 9.26 Å². The molecule has 2 N–H and O–H groups in total. The first kappa shape index (κ1) is 17.0. The zero-order valence-electron chi connectivity index (χ0n) is 14.3. The van der Waals surface area contributed by atoms with Gasteiger partial charge in [0.05, 0.1) is 11.6 Å². The van der Waals surface area contributed by atoms with Crippen LogP contribution in [0.4, 0.5) is 5.82 Å². The summed E-state index contributed by atoms with van der Waals surface area (Å²) in [5.41, 5.74) is 7.85. The molecule has 2 aromatic carbocycles. The third-order valence-corrected chi connectivity index (χ3v) is 4.17. The van der Waals surface area contributed by atoms with Crippen molar-refractivity contribution >= 4 is 17.4 Å². The Morgan fingerprint density at radius 1 is 1.15 bits per heavy atom. The maximum absolute atomic E-state index is 6.24. The lowest BCUT2D eigenvalue weighted by Gasteiger charge is -2.10. The Morgan fingerprint density at radius 2 is 1.93 bits per heavy atom. The second-order valence-electron chi connectivity index (χ2n) is 5.54. The predicted octanol–water partition coefficient (Wildman–Crippen LogP) is 3.62. The molecule has 136 valence electrons. The van der Waals surface area contributed by atoms with Gasteiger partial charge in [-0.3, -0.25) is 0 Å². The molecule has 0 spiro atoms. The molecular weight excluding hydrogens is 368 g/mol. The average Bonchev–Trinajstić information content (AvgIpc) is 3.30. The van der Waals surface area contributed by atoms with Crippen molar-refractivity contribution in [2.24, 2.45) is 0 Å². The standard InChI is InChI=1S/C18H15ClN6O2/c1-2-26-14-10-6-5-9-13(14)25-16(20)15(22-24-25)18-21-17(23-27-18)11-7-3-4-8-12(11)19/h3-10H,2,20H2,1H3.